The maximum atomic E-state index is 13.2. The molecular weight excluding hydrogens is 255 g/mol. The van der Waals surface area contributed by atoms with Gasteiger partial charge in [-0.3, -0.25) is 0 Å². The van der Waals surface area contributed by atoms with Gasteiger partial charge in [0.2, 0.25) is 0 Å². The van der Waals surface area contributed by atoms with E-state index in [4.69, 9.17) is 4.74 Å². The van der Waals surface area contributed by atoms with Crippen LogP contribution in [-0.2, 0) is 0 Å². The Labute approximate surface area is 117 Å². The number of fused-ring (bicyclic) bond motifs is 1. The van der Waals surface area contributed by atoms with E-state index >= 15 is 0 Å². The first kappa shape index (κ1) is 13.1. The molecule has 3 rings (SSSR count). The predicted octanol–water partition coefficient (Wildman–Crippen LogP) is 3.82. The van der Waals surface area contributed by atoms with Crippen LogP contribution in [0.15, 0.2) is 48.5 Å². The Morgan fingerprint density at radius 3 is 2.90 bits per heavy atom. The Morgan fingerprint density at radius 1 is 1.20 bits per heavy atom. The van der Waals surface area contributed by atoms with Gasteiger partial charge in [-0.2, -0.15) is 0 Å². The Kier molecular flexibility index (Phi) is 3.70. The number of hydrogen-bond donors (Lipinski definition) is 1. The van der Waals surface area contributed by atoms with Crippen molar-refractivity contribution in [1.29, 1.82) is 0 Å². The SMILES string of the molecule is OC(CC1CCOc2ccccc21)c1cccc(F)c1. The number of ether oxygens (including phenoxy) is 1. The molecular formula is C17H17FO2. The highest BCUT2D eigenvalue weighted by Gasteiger charge is 2.24. The molecule has 104 valence electrons. The Hall–Kier alpha value is -1.87. The first-order chi connectivity index (χ1) is 9.74. The summed E-state index contributed by atoms with van der Waals surface area (Å²) in [6.45, 7) is 0.664. The van der Waals surface area contributed by atoms with Crippen LogP contribution in [0.2, 0.25) is 0 Å². The van der Waals surface area contributed by atoms with E-state index in [0.717, 1.165) is 17.7 Å². The topological polar surface area (TPSA) is 29.5 Å². The van der Waals surface area contributed by atoms with E-state index in [2.05, 4.69) is 0 Å². The van der Waals surface area contributed by atoms with Crippen LogP contribution in [0.1, 0.15) is 36.0 Å². The Bertz CT molecular complexity index is 597. The lowest BCUT2D eigenvalue weighted by Gasteiger charge is -2.27. The van der Waals surface area contributed by atoms with Crippen molar-refractivity contribution in [3.63, 3.8) is 0 Å². The molecule has 0 spiro atoms. The van der Waals surface area contributed by atoms with Gasteiger partial charge in [0, 0.05) is 0 Å². The van der Waals surface area contributed by atoms with Crippen molar-refractivity contribution in [2.75, 3.05) is 6.61 Å². The molecule has 0 bridgehead atoms. The molecule has 2 nitrogen and oxygen atoms in total. The minimum atomic E-state index is -0.651. The first-order valence-electron chi connectivity index (χ1n) is 6.89. The van der Waals surface area contributed by atoms with Crippen molar-refractivity contribution in [1.82, 2.24) is 0 Å². The zero-order valence-corrected chi connectivity index (χ0v) is 11.1. The van der Waals surface area contributed by atoms with Crippen LogP contribution in [0.5, 0.6) is 5.75 Å². The molecule has 0 fully saturated rings. The molecule has 0 radical (unpaired) electrons. The van der Waals surface area contributed by atoms with Gasteiger partial charge in [0.25, 0.3) is 0 Å². The van der Waals surface area contributed by atoms with E-state index in [1.165, 1.54) is 12.1 Å². The van der Waals surface area contributed by atoms with Crippen molar-refractivity contribution >= 4 is 0 Å². The van der Waals surface area contributed by atoms with E-state index in [1.807, 2.05) is 24.3 Å². The molecule has 1 N–H and O–H groups in total. The van der Waals surface area contributed by atoms with E-state index < -0.39 is 6.10 Å². The summed E-state index contributed by atoms with van der Waals surface area (Å²) in [5.41, 5.74) is 1.77. The maximum Gasteiger partial charge on any atom is 0.123 e. The van der Waals surface area contributed by atoms with Crippen LogP contribution in [0, 0.1) is 5.82 Å². The second-order valence-electron chi connectivity index (χ2n) is 5.18. The molecule has 2 aromatic carbocycles. The van der Waals surface area contributed by atoms with Crippen molar-refractivity contribution < 1.29 is 14.2 Å². The van der Waals surface area contributed by atoms with Crippen molar-refractivity contribution in [3.8, 4) is 5.75 Å². The summed E-state index contributed by atoms with van der Waals surface area (Å²) in [4.78, 5) is 0. The molecule has 0 amide bonds. The predicted molar refractivity (Wildman–Crippen MR) is 75.3 cm³/mol. The summed E-state index contributed by atoms with van der Waals surface area (Å²) in [5, 5.41) is 10.3. The zero-order chi connectivity index (χ0) is 13.9. The van der Waals surface area contributed by atoms with Gasteiger partial charge in [0.1, 0.15) is 11.6 Å². The number of aliphatic hydroxyl groups is 1. The smallest absolute Gasteiger partial charge is 0.123 e. The highest BCUT2D eigenvalue weighted by atomic mass is 19.1. The molecule has 1 heterocycles. The second kappa shape index (κ2) is 5.63. The van der Waals surface area contributed by atoms with Gasteiger partial charge in [-0.15, -0.1) is 0 Å². The molecule has 2 aromatic rings. The molecule has 1 aliphatic rings. The summed E-state index contributed by atoms with van der Waals surface area (Å²) >= 11 is 0. The minimum absolute atomic E-state index is 0.248. The lowest BCUT2D eigenvalue weighted by Crippen LogP contribution is -2.16. The molecule has 0 saturated heterocycles. The molecule has 0 saturated carbocycles. The quantitative estimate of drug-likeness (QED) is 0.920. The molecule has 0 aromatic heterocycles. The van der Waals surface area contributed by atoms with Gasteiger partial charge in [0.15, 0.2) is 0 Å². The minimum Gasteiger partial charge on any atom is -0.493 e. The summed E-state index contributed by atoms with van der Waals surface area (Å²) < 4.78 is 18.8. The number of halogens is 1. The summed E-state index contributed by atoms with van der Waals surface area (Å²) in [6.07, 6.45) is 0.814. The average Bonchev–Trinajstić information content (AvgIpc) is 2.47. The second-order valence-corrected chi connectivity index (χ2v) is 5.18. The Balaban J connectivity index is 1.79. The van der Waals surface area contributed by atoms with Crippen molar-refractivity contribution in [2.45, 2.75) is 24.9 Å². The van der Waals surface area contributed by atoms with E-state index in [9.17, 15) is 9.50 Å². The number of hydrogen-bond acceptors (Lipinski definition) is 2. The number of benzene rings is 2. The standard InChI is InChI=1S/C17H17FO2/c18-14-5-3-4-13(10-14)16(19)11-12-8-9-20-17-7-2-1-6-15(12)17/h1-7,10,12,16,19H,8-9,11H2. The van der Waals surface area contributed by atoms with Gasteiger partial charge in [-0.25, -0.2) is 4.39 Å². The third-order valence-corrected chi connectivity index (χ3v) is 3.82. The van der Waals surface area contributed by atoms with Gasteiger partial charge in [0.05, 0.1) is 12.7 Å². The van der Waals surface area contributed by atoms with Crippen LogP contribution >= 0.6 is 0 Å². The summed E-state index contributed by atoms with van der Waals surface area (Å²) in [5.74, 6) is 0.835. The van der Waals surface area contributed by atoms with Crippen LogP contribution in [0.4, 0.5) is 4.39 Å². The Morgan fingerprint density at radius 2 is 2.05 bits per heavy atom. The molecule has 1 aliphatic heterocycles. The largest absolute Gasteiger partial charge is 0.493 e. The molecule has 0 aliphatic carbocycles. The van der Waals surface area contributed by atoms with Crippen LogP contribution < -0.4 is 4.74 Å². The fourth-order valence-corrected chi connectivity index (χ4v) is 2.78. The number of para-hydroxylation sites is 1. The lowest BCUT2D eigenvalue weighted by atomic mass is 9.86. The normalized spacial score (nSPS) is 19.0. The van der Waals surface area contributed by atoms with Gasteiger partial charge < -0.3 is 9.84 Å². The van der Waals surface area contributed by atoms with Crippen LogP contribution in [-0.4, -0.2) is 11.7 Å². The highest BCUT2D eigenvalue weighted by Crippen LogP contribution is 2.38. The molecule has 2 atom stereocenters. The summed E-state index contributed by atoms with van der Waals surface area (Å²) in [7, 11) is 0. The van der Waals surface area contributed by atoms with Crippen LogP contribution in [0.3, 0.4) is 0 Å². The third kappa shape index (κ3) is 2.68. The first-order valence-corrected chi connectivity index (χ1v) is 6.89. The monoisotopic (exact) mass is 272 g/mol. The molecule has 20 heavy (non-hydrogen) atoms. The fourth-order valence-electron chi connectivity index (χ4n) is 2.78. The molecule has 3 heteroatoms. The van der Waals surface area contributed by atoms with Crippen molar-refractivity contribution in [2.24, 2.45) is 0 Å². The van der Waals surface area contributed by atoms with Gasteiger partial charge >= 0.3 is 0 Å². The maximum absolute atomic E-state index is 13.2. The van der Waals surface area contributed by atoms with E-state index in [1.54, 1.807) is 12.1 Å². The summed E-state index contributed by atoms with van der Waals surface area (Å²) in [6, 6.07) is 14.1. The van der Waals surface area contributed by atoms with E-state index in [-0.39, 0.29) is 11.7 Å². The van der Waals surface area contributed by atoms with Crippen LogP contribution in [0.25, 0.3) is 0 Å². The molecule has 2 unspecified atom stereocenters. The zero-order valence-electron chi connectivity index (χ0n) is 11.1. The fraction of sp³-hybridized carbons (Fsp3) is 0.294. The van der Waals surface area contributed by atoms with E-state index in [0.29, 0.717) is 18.6 Å². The van der Waals surface area contributed by atoms with Gasteiger partial charge in [-0.05, 0) is 48.1 Å². The van der Waals surface area contributed by atoms with Crippen molar-refractivity contribution in [3.05, 3.63) is 65.5 Å². The number of aliphatic hydroxyl groups excluding tert-OH is 1. The average molecular weight is 272 g/mol. The lowest BCUT2D eigenvalue weighted by molar-refractivity contribution is 0.144. The van der Waals surface area contributed by atoms with Gasteiger partial charge in [-0.1, -0.05) is 30.3 Å². The third-order valence-electron chi connectivity index (χ3n) is 3.82. The highest BCUT2D eigenvalue weighted by molar-refractivity contribution is 5.38. The number of rotatable bonds is 3.